The molecule has 0 N–H and O–H groups in total. The van der Waals surface area contributed by atoms with Gasteiger partial charge >= 0.3 is 0 Å². The first-order valence-corrected chi connectivity index (χ1v) is 9.84. The van der Waals surface area contributed by atoms with Gasteiger partial charge in [-0.1, -0.05) is 45.4 Å². The summed E-state index contributed by atoms with van der Waals surface area (Å²) in [5.41, 5.74) is 2.39. The highest BCUT2D eigenvalue weighted by molar-refractivity contribution is 5.64. The van der Waals surface area contributed by atoms with Crippen LogP contribution in [0.2, 0.25) is 0 Å². The summed E-state index contributed by atoms with van der Waals surface area (Å²) in [7, 11) is 3.41. The Kier molecular flexibility index (Phi) is 8.88. The van der Waals surface area contributed by atoms with Crippen LogP contribution in [0.25, 0.3) is 0 Å². The van der Waals surface area contributed by atoms with E-state index in [-0.39, 0.29) is 0 Å². The molecule has 0 aliphatic rings. The lowest BCUT2D eigenvalue weighted by Crippen LogP contribution is -2.18. The molecule has 0 aliphatic heterocycles. The van der Waals surface area contributed by atoms with Crippen molar-refractivity contribution in [2.75, 3.05) is 25.7 Å². The molecule has 0 aliphatic carbocycles. The molecular weight excluding hydrogens is 322 g/mol. The molecular formula is C23H33NO2. The Labute approximate surface area is 158 Å². The van der Waals surface area contributed by atoms with E-state index in [9.17, 15) is 0 Å². The highest BCUT2D eigenvalue weighted by atomic mass is 16.5. The number of benzene rings is 2. The van der Waals surface area contributed by atoms with Gasteiger partial charge in [0.05, 0.1) is 14.2 Å². The maximum atomic E-state index is 5.30. The number of hydrogen-bond donors (Lipinski definition) is 0. The molecule has 142 valence electrons. The van der Waals surface area contributed by atoms with Gasteiger partial charge in [-0.15, -0.1) is 0 Å². The first-order valence-electron chi connectivity index (χ1n) is 9.84. The van der Waals surface area contributed by atoms with Gasteiger partial charge in [-0.25, -0.2) is 0 Å². The van der Waals surface area contributed by atoms with Gasteiger partial charge in [0.2, 0.25) is 0 Å². The van der Waals surface area contributed by atoms with Crippen LogP contribution in [-0.2, 0) is 0 Å². The Morgan fingerprint density at radius 3 is 1.46 bits per heavy atom. The van der Waals surface area contributed by atoms with Crippen LogP contribution in [0.1, 0.15) is 51.9 Å². The standard InChI is InChI=1S/C23H33NO2/c1-4-5-6-7-8-9-10-19-24(20-11-15-22(25-2)16-12-20)21-13-17-23(26-3)18-14-21/h11-18H,4-10,19H2,1-3H3. The molecule has 3 nitrogen and oxygen atoms in total. The Bertz CT molecular complexity index is 560. The molecule has 0 fully saturated rings. The van der Waals surface area contributed by atoms with Crippen molar-refractivity contribution >= 4 is 11.4 Å². The molecule has 3 heteroatoms. The monoisotopic (exact) mass is 355 g/mol. The van der Waals surface area contributed by atoms with Gasteiger partial charge in [-0.3, -0.25) is 0 Å². The van der Waals surface area contributed by atoms with Crippen molar-refractivity contribution in [1.82, 2.24) is 0 Å². The molecule has 0 saturated carbocycles. The third-order valence-electron chi connectivity index (χ3n) is 4.75. The lowest BCUT2D eigenvalue weighted by molar-refractivity contribution is 0.415. The lowest BCUT2D eigenvalue weighted by atomic mass is 10.1. The molecule has 2 rings (SSSR count). The summed E-state index contributed by atoms with van der Waals surface area (Å²) in [4.78, 5) is 2.38. The number of ether oxygens (including phenoxy) is 2. The summed E-state index contributed by atoms with van der Waals surface area (Å²) in [5, 5.41) is 0. The van der Waals surface area contributed by atoms with E-state index in [0.29, 0.717) is 0 Å². The third kappa shape index (κ3) is 6.29. The van der Waals surface area contributed by atoms with Gasteiger partial charge < -0.3 is 14.4 Å². The molecule has 2 aromatic carbocycles. The summed E-state index contributed by atoms with van der Waals surface area (Å²) >= 11 is 0. The van der Waals surface area contributed by atoms with E-state index in [1.807, 2.05) is 24.3 Å². The molecule has 0 spiro atoms. The van der Waals surface area contributed by atoms with Gasteiger partial charge in [0.15, 0.2) is 0 Å². The van der Waals surface area contributed by atoms with Crippen molar-refractivity contribution in [3.63, 3.8) is 0 Å². The van der Waals surface area contributed by atoms with Gasteiger partial charge in [-0.05, 0) is 55.0 Å². The zero-order valence-corrected chi connectivity index (χ0v) is 16.5. The average molecular weight is 356 g/mol. The van der Waals surface area contributed by atoms with E-state index in [0.717, 1.165) is 18.0 Å². The topological polar surface area (TPSA) is 21.7 Å². The second kappa shape index (κ2) is 11.5. The summed E-state index contributed by atoms with van der Waals surface area (Å²) in [6.45, 7) is 3.29. The SMILES string of the molecule is CCCCCCCCCN(c1ccc(OC)cc1)c1ccc(OC)cc1. The van der Waals surface area contributed by atoms with Crippen LogP contribution in [-0.4, -0.2) is 20.8 Å². The van der Waals surface area contributed by atoms with Crippen LogP contribution in [0.4, 0.5) is 11.4 Å². The molecule has 0 atom stereocenters. The van der Waals surface area contributed by atoms with Crippen molar-refractivity contribution in [3.8, 4) is 11.5 Å². The fourth-order valence-corrected chi connectivity index (χ4v) is 3.16. The molecule has 0 saturated heterocycles. The second-order valence-corrected chi connectivity index (χ2v) is 6.67. The predicted molar refractivity (Wildman–Crippen MR) is 111 cm³/mol. The maximum Gasteiger partial charge on any atom is 0.119 e. The first kappa shape index (κ1) is 20.2. The largest absolute Gasteiger partial charge is 0.497 e. The number of methoxy groups -OCH3 is 2. The number of unbranched alkanes of at least 4 members (excludes halogenated alkanes) is 6. The van der Waals surface area contributed by atoms with Crippen molar-refractivity contribution < 1.29 is 9.47 Å². The summed E-state index contributed by atoms with van der Waals surface area (Å²) < 4.78 is 10.6. The lowest BCUT2D eigenvalue weighted by Gasteiger charge is -2.25. The first-order chi connectivity index (χ1) is 12.8. The number of nitrogens with zero attached hydrogens (tertiary/aromatic N) is 1. The van der Waals surface area contributed by atoms with Crippen LogP contribution in [0, 0.1) is 0 Å². The zero-order valence-electron chi connectivity index (χ0n) is 16.5. The molecule has 0 amide bonds. The highest BCUT2D eigenvalue weighted by Crippen LogP contribution is 2.29. The van der Waals surface area contributed by atoms with E-state index in [2.05, 4.69) is 36.1 Å². The van der Waals surface area contributed by atoms with Crippen molar-refractivity contribution in [2.45, 2.75) is 51.9 Å². The number of anilines is 2. The quantitative estimate of drug-likeness (QED) is 0.401. The Hall–Kier alpha value is -2.16. The fraction of sp³-hybridized carbons (Fsp3) is 0.478. The van der Waals surface area contributed by atoms with E-state index in [1.54, 1.807) is 14.2 Å². The molecule has 0 unspecified atom stereocenters. The minimum atomic E-state index is 0.888. The third-order valence-corrected chi connectivity index (χ3v) is 4.75. The molecule has 0 radical (unpaired) electrons. The summed E-state index contributed by atoms with van der Waals surface area (Å²) in [6.07, 6.45) is 9.22. The Morgan fingerprint density at radius 2 is 1.04 bits per heavy atom. The average Bonchev–Trinajstić information content (AvgIpc) is 2.70. The van der Waals surface area contributed by atoms with Gasteiger partial charge in [0.25, 0.3) is 0 Å². The van der Waals surface area contributed by atoms with E-state index in [4.69, 9.17) is 9.47 Å². The van der Waals surface area contributed by atoms with Crippen LogP contribution >= 0.6 is 0 Å². The van der Waals surface area contributed by atoms with Crippen LogP contribution in [0.5, 0.6) is 11.5 Å². The number of hydrogen-bond acceptors (Lipinski definition) is 3. The highest BCUT2D eigenvalue weighted by Gasteiger charge is 2.10. The van der Waals surface area contributed by atoms with E-state index >= 15 is 0 Å². The van der Waals surface area contributed by atoms with Gasteiger partial charge in [0.1, 0.15) is 11.5 Å². The van der Waals surface area contributed by atoms with Crippen molar-refractivity contribution in [2.24, 2.45) is 0 Å². The Morgan fingerprint density at radius 1 is 0.615 bits per heavy atom. The zero-order chi connectivity index (χ0) is 18.6. The van der Waals surface area contributed by atoms with Gasteiger partial charge in [-0.2, -0.15) is 0 Å². The van der Waals surface area contributed by atoms with Crippen LogP contribution in [0.3, 0.4) is 0 Å². The normalized spacial score (nSPS) is 10.6. The maximum absolute atomic E-state index is 5.30. The Balaban J connectivity index is 2.00. The summed E-state index contributed by atoms with van der Waals surface area (Å²) in [5.74, 6) is 1.78. The van der Waals surface area contributed by atoms with Gasteiger partial charge in [0, 0.05) is 17.9 Å². The number of rotatable bonds is 12. The van der Waals surface area contributed by atoms with Crippen molar-refractivity contribution in [1.29, 1.82) is 0 Å². The predicted octanol–water partition coefficient (Wildman–Crippen LogP) is 6.59. The molecule has 26 heavy (non-hydrogen) atoms. The second-order valence-electron chi connectivity index (χ2n) is 6.67. The molecule has 0 heterocycles. The minimum absolute atomic E-state index is 0.888. The van der Waals surface area contributed by atoms with E-state index in [1.165, 1.54) is 56.3 Å². The van der Waals surface area contributed by atoms with Crippen LogP contribution in [0.15, 0.2) is 48.5 Å². The summed E-state index contributed by atoms with van der Waals surface area (Å²) in [6, 6.07) is 16.6. The van der Waals surface area contributed by atoms with E-state index < -0.39 is 0 Å². The molecule has 0 bridgehead atoms. The molecule has 0 aromatic heterocycles. The van der Waals surface area contributed by atoms with Crippen molar-refractivity contribution in [3.05, 3.63) is 48.5 Å². The molecule has 2 aromatic rings. The smallest absolute Gasteiger partial charge is 0.119 e. The minimum Gasteiger partial charge on any atom is -0.497 e. The van der Waals surface area contributed by atoms with Crippen LogP contribution < -0.4 is 14.4 Å². The fourth-order valence-electron chi connectivity index (χ4n) is 3.16.